The molecule has 4 rings (SSSR count). The Labute approximate surface area is 104 Å². The average Bonchev–Trinajstić information content (AvgIpc) is 2.64. The molecule has 1 nitrogen and oxygen atoms in total. The quantitative estimate of drug-likeness (QED) is 0.608. The van der Waals surface area contributed by atoms with Gasteiger partial charge in [-0.05, 0) is 24.3 Å². The third-order valence-corrected chi connectivity index (χ3v) is 4.88. The normalized spacial score (nSPS) is 19.6. The van der Waals surface area contributed by atoms with Crippen LogP contribution in [0.2, 0.25) is 0 Å². The molecule has 2 heterocycles. The number of hydrogen-bond donors (Lipinski definition) is 0. The number of hydrogen-bond acceptors (Lipinski definition) is 1. The highest BCUT2D eigenvalue weighted by Gasteiger charge is 2.23. The lowest BCUT2D eigenvalue weighted by atomic mass is 10.2. The first-order valence-corrected chi connectivity index (χ1v) is 7.09. The summed E-state index contributed by atoms with van der Waals surface area (Å²) in [5, 5.41) is 3.41. The monoisotopic (exact) mass is 239 g/mol. The van der Waals surface area contributed by atoms with Gasteiger partial charge in [0.1, 0.15) is 0 Å². The van der Waals surface area contributed by atoms with Gasteiger partial charge in [-0.15, -0.1) is 11.8 Å². The summed E-state index contributed by atoms with van der Waals surface area (Å²) in [7, 11) is 0. The molecule has 0 amide bonds. The van der Waals surface area contributed by atoms with Crippen molar-refractivity contribution >= 4 is 33.6 Å². The number of nitrogens with zero attached hydrogens (tertiary/aromatic N) is 1. The molecule has 1 atom stereocenters. The molecule has 17 heavy (non-hydrogen) atoms. The Morgan fingerprint density at radius 3 is 1.88 bits per heavy atom. The summed E-state index contributed by atoms with van der Waals surface area (Å²) in [6.07, 6.45) is 1.30. The van der Waals surface area contributed by atoms with Crippen LogP contribution in [0.4, 0.5) is 0 Å². The van der Waals surface area contributed by atoms with Crippen LogP contribution in [-0.4, -0.2) is 10.3 Å². The minimum atomic E-state index is 0.639. The number of rotatable bonds is 1. The predicted molar refractivity (Wildman–Crippen MR) is 75.6 cm³/mol. The maximum Gasteiger partial charge on any atom is 0.0807 e. The Morgan fingerprint density at radius 2 is 1.41 bits per heavy atom. The summed E-state index contributed by atoms with van der Waals surface area (Å²) in [5.74, 6) is 1.30. The van der Waals surface area contributed by atoms with Crippen molar-refractivity contribution in [1.29, 1.82) is 0 Å². The van der Waals surface area contributed by atoms with E-state index in [1.165, 1.54) is 34.0 Å². The van der Waals surface area contributed by atoms with Crippen molar-refractivity contribution in [2.24, 2.45) is 0 Å². The predicted octanol–water partition coefficient (Wildman–Crippen LogP) is 4.43. The van der Waals surface area contributed by atoms with Crippen molar-refractivity contribution < 1.29 is 0 Å². The summed E-state index contributed by atoms with van der Waals surface area (Å²) in [5.41, 5.74) is 2.76. The largest absolute Gasteiger partial charge is 0.328 e. The van der Waals surface area contributed by atoms with E-state index in [0.29, 0.717) is 5.37 Å². The summed E-state index contributed by atoms with van der Waals surface area (Å²) in [6, 6.07) is 17.5. The van der Waals surface area contributed by atoms with Crippen LogP contribution in [0.25, 0.3) is 21.8 Å². The number of aromatic nitrogens is 1. The van der Waals surface area contributed by atoms with Crippen molar-refractivity contribution in [3.63, 3.8) is 0 Å². The van der Waals surface area contributed by atoms with Gasteiger partial charge >= 0.3 is 0 Å². The molecular weight excluding hydrogens is 226 g/mol. The van der Waals surface area contributed by atoms with E-state index in [-0.39, 0.29) is 0 Å². The maximum atomic E-state index is 2.51. The zero-order chi connectivity index (χ0) is 11.2. The Balaban J connectivity index is 2.18. The van der Waals surface area contributed by atoms with Gasteiger partial charge in [-0.3, -0.25) is 0 Å². The molecule has 0 N–H and O–H groups in total. The van der Waals surface area contributed by atoms with Gasteiger partial charge in [-0.2, -0.15) is 0 Å². The Bertz CT molecular complexity index is 641. The number of para-hydroxylation sites is 2. The topological polar surface area (TPSA) is 4.93 Å². The third kappa shape index (κ3) is 1.27. The molecule has 1 unspecified atom stereocenters. The lowest BCUT2D eigenvalue weighted by Crippen LogP contribution is -2.14. The van der Waals surface area contributed by atoms with Crippen LogP contribution in [0.15, 0.2) is 48.5 Å². The van der Waals surface area contributed by atoms with Gasteiger partial charge in [0.25, 0.3) is 0 Å². The van der Waals surface area contributed by atoms with Gasteiger partial charge in [0.2, 0.25) is 0 Å². The van der Waals surface area contributed by atoms with E-state index in [0.717, 1.165) is 0 Å². The first-order valence-electron chi connectivity index (χ1n) is 6.04. The van der Waals surface area contributed by atoms with E-state index in [1.807, 2.05) is 0 Å². The summed E-state index contributed by atoms with van der Waals surface area (Å²) < 4.78 is 2.51. The second kappa shape index (κ2) is 3.54. The maximum absolute atomic E-state index is 2.51. The molecule has 0 spiro atoms. The first kappa shape index (κ1) is 9.60. The highest BCUT2D eigenvalue weighted by atomic mass is 32.2. The molecule has 1 aromatic heterocycles. The molecular formula is C15H13NS. The first-order chi connectivity index (χ1) is 8.45. The molecule has 2 aromatic carbocycles. The molecule has 0 bridgehead atoms. The molecule has 1 aliphatic heterocycles. The van der Waals surface area contributed by atoms with Crippen LogP contribution < -0.4 is 0 Å². The molecule has 0 aliphatic carbocycles. The van der Waals surface area contributed by atoms with Crippen LogP contribution in [0.1, 0.15) is 11.8 Å². The lowest BCUT2D eigenvalue weighted by Gasteiger charge is -2.28. The van der Waals surface area contributed by atoms with Gasteiger partial charge in [0.05, 0.1) is 16.4 Å². The molecule has 3 aromatic rings. The lowest BCUT2D eigenvalue weighted by molar-refractivity contribution is 0.667. The van der Waals surface area contributed by atoms with Crippen LogP contribution in [0.5, 0.6) is 0 Å². The molecule has 84 valence electrons. The summed E-state index contributed by atoms with van der Waals surface area (Å²) in [4.78, 5) is 0. The van der Waals surface area contributed by atoms with Crippen molar-refractivity contribution in [3.8, 4) is 0 Å². The summed E-state index contributed by atoms with van der Waals surface area (Å²) >= 11 is 2.06. The zero-order valence-electron chi connectivity index (χ0n) is 9.47. The van der Waals surface area contributed by atoms with E-state index < -0.39 is 0 Å². The highest BCUT2D eigenvalue weighted by Crippen LogP contribution is 2.43. The molecule has 1 fully saturated rings. The Hall–Kier alpha value is -1.41. The summed E-state index contributed by atoms with van der Waals surface area (Å²) in [6.45, 7) is 0. The van der Waals surface area contributed by atoms with E-state index in [4.69, 9.17) is 0 Å². The van der Waals surface area contributed by atoms with Crippen molar-refractivity contribution in [2.75, 3.05) is 5.75 Å². The SMILES string of the molecule is c1ccc2c(c1)c1ccccc1n2C1CCS1. The smallest absolute Gasteiger partial charge is 0.0807 e. The zero-order valence-corrected chi connectivity index (χ0v) is 10.3. The second-order valence-corrected chi connectivity index (χ2v) is 5.80. The van der Waals surface area contributed by atoms with E-state index in [9.17, 15) is 0 Å². The van der Waals surface area contributed by atoms with Gasteiger partial charge in [0.15, 0.2) is 0 Å². The fraction of sp³-hybridized carbons (Fsp3) is 0.200. The Kier molecular flexibility index (Phi) is 2.00. The number of benzene rings is 2. The molecule has 1 aliphatic rings. The fourth-order valence-corrected chi connectivity index (χ4v) is 3.51. The third-order valence-electron chi connectivity index (χ3n) is 3.58. The minimum absolute atomic E-state index is 0.639. The highest BCUT2D eigenvalue weighted by molar-refractivity contribution is 8.00. The Morgan fingerprint density at radius 1 is 0.882 bits per heavy atom. The van der Waals surface area contributed by atoms with E-state index in [1.54, 1.807) is 0 Å². The van der Waals surface area contributed by atoms with Crippen molar-refractivity contribution in [1.82, 2.24) is 4.57 Å². The van der Waals surface area contributed by atoms with E-state index in [2.05, 4.69) is 64.9 Å². The van der Waals surface area contributed by atoms with Crippen LogP contribution >= 0.6 is 11.8 Å². The molecule has 0 radical (unpaired) electrons. The fourth-order valence-electron chi connectivity index (χ4n) is 2.69. The van der Waals surface area contributed by atoms with Crippen molar-refractivity contribution in [2.45, 2.75) is 11.8 Å². The number of thioether (sulfide) groups is 1. The van der Waals surface area contributed by atoms with Gasteiger partial charge in [-0.1, -0.05) is 36.4 Å². The van der Waals surface area contributed by atoms with E-state index >= 15 is 0 Å². The van der Waals surface area contributed by atoms with Crippen molar-refractivity contribution in [3.05, 3.63) is 48.5 Å². The van der Waals surface area contributed by atoms with Gasteiger partial charge < -0.3 is 4.57 Å². The van der Waals surface area contributed by atoms with Gasteiger partial charge in [-0.25, -0.2) is 0 Å². The second-order valence-electron chi connectivity index (χ2n) is 4.52. The number of fused-ring (bicyclic) bond motifs is 3. The molecule has 0 saturated carbocycles. The van der Waals surface area contributed by atoms with Gasteiger partial charge in [0, 0.05) is 10.8 Å². The minimum Gasteiger partial charge on any atom is -0.328 e. The molecule has 1 saturated heterocycles. The molecule has 2 heteroatoms. The van der Waals surface area contributed by atoms with Crippen LogP contribution in [-0.2, 0) is 0 Å². The van der Waals surface area contributed by atoms with Crippen LogP contribution in [0, 0.1) is 0 Å². The average molecular weight is 239 g/mol. The standard InChI is InChI=1S/C15H13NS/c1-3-7-13-11(5-1)12-6-2-4-8-14(12)16(13)15-9-10-17-15/h1-8,15H,9-10H2. The van der Waals surface area contributed by atoms with Crippen LogP contribution in [0.3, 0.4) is 0 Å².